The van der Waals surface area contributed by atoms with Gasteiger partial charge in [0.05, 0.1) is 12.4 Å². The van der Waals surface area contributed by atoms with Crippen LogP contribution in [0.5, 0.6) is 5.75 Å². The Balaban J connectivity index is 2.41. The van der Waals surface area contributed by atoms with Crippen LogP contribution in [0.2, 0.25) is 0 Å². The van der Waals surface area contributed by atoms with Crippen LogP contribution in [0.15, 0.2) is 24.5 Å². The zero-order valence-electron chi connectivity index (χ0n) is 8.29. The monoisotopic (exact) mass is 180 g/mol. The van der Waals surface area contributed by atoms with Gasteiger partial charge in [-0.25, -0.2) is 0 Å². The van der Waals surface area contributed by atoms with Crippen molar-refractivity contribution in [3.63, 3.8) is 0 Å². The molecule has 0 saturated heterocycles. The van der Waals surface area contributed by atoms with Crippen LogP contribution in [0.3, 0.4) is 0 Å². The first kappa shape index (κ1) is 9.84. The molecular weight excluding hydrogens is 164 g/mol. The Labute approximate surface area is 79.0 Å². The van der Waals surface area contributed by atoms with Gasteiger partial charge in [0.1, 0.15) is 6.61 Å². The lowest BCUT2D eigenvalue weighted by Crippen LogP contribution is -1.98. The van der Waals surface area contributed by atoms with Crippen LogP contribution >= 0.6 is 0 Å². The molecule has 0 aliphatic heterocycles. The average molecular weight is 180 g/mol. The van der Waals surface area contributed by atoms with Crippen molar-refractivity contribution >= 4 is 0 Å². The number of aryl methyl sites for hydroxylation is 1. The highest BCUT2D eigenvalue weighted by atomic mass is 16.5. The lowest BCUT2D eigenvalue weighted by molar-refractivity contribution is 0.348. The molecule has 1 aromatic heterocycles. The van der Waals surface area contributed by atoms with Gasteiger partial charge in [-0.2, -0.15) is 5.10 Å². The first-order valence-electron chi connectivity index (χ1n) is 4.58. The second-order valence-electron chi connectivity index (χ2n) is 2.92. The Bertz CT molecular complexity index is 278. The van der Waals surface area contributed by atoms with Gasteiger partial charge in [-0.05, 0) is 18.9 Å². The van der Waals surface area contributed by atoms with Gasteiger partial charge in [0.15, 0.2) is 5.75 Å². The number of nitrogens with zero attached hydrogens (tertiary/aromatic N) is 2. The molecule has 0 saturated carbocycles. The molecule has 72 valence electrons. The first-order chi connectivity index (χ1) is 6.26. The summed E-state index contributed by atoms with van der Waals surface area (Å²) in [5, 5.41) is 4.10. The Hall–Kier alpha value is -1.25. The highest BCUT2D eigenvalue weighted by molar-refractivity contribution is 5.12. The van der Waals surface area contributed by atoms with Crippen molar-refractivity contribution in [2.45, 2.75) is 26.8 Å². The third kappa shape index (κ3) is 2.93. The summed E-state index contributed by atoms with van der Waals surface area (Å²) in [4.78, 5) is 0. The highest BCUT2D eigenvalue weighted by Crippen LogP contribution is 2.09. The van der Waals surface area contributed by atoms with Gasteiger partial charge < -0.3 is 4.74 Å². The van der Waals surface area contributed by atoms with Crippen molar-refractivity contribution in [3.05, 3.63) is 24.5 Å². The molecule has 0 fully saturated rings. The van der Waals surface area contributed by atoms with E-state index in [1.54, 1.807) is 6.20 Å². The second kappa shape index (κ2) is 4.70. The fraction of sp³-hybridized carbons (Fsp3) is 0.500. The number of ether oxygens (including phenoxy) is 1. The molecule has 3 nitrogen and oxygen atoms in total. The van der Waals surface area contributed by atoms with E-state index in [0.717, 1.165) is 24.3 Å². The van der Waals surface area contributed by atoms with Gasteiger partial charge in [0.2, 0.25) is 0 Å². The molecule has 1 heterocycles. The molecule has 0 unspecified atom stereocenters. The van der Waals surface area contributed by atoms with E-state index in [1.807, 2.05) is 17.8 Å². The SMILES string of the molecule is C=C(CC)COc1cnn(CC)c1. The summed E-state index contributed by atoms with van der Waals surface area (Å²) < 4.78 is 7.30. The zero-order valence-corrected chi connectivity index (χ0v) is 8.29. The molecule has 1 aromatic rings. The van der Waals surface area contributed by atoms with Crippen LogP contribution in [0.25, 0.3) is 0 Å². The molecule has 0 radical (unpaired) electrons. The van der Waals surface area contributed by atoms with Crippen LogP contribution in [0.4, 0.5) is 0 Å². The lowest BCUT2D eigenvalue weighted by atomic mass is 10.2. The quantitative estimate of drug-likeness (QED) is 0.650. The third-order valence-electron chi connectivity index (χ3n) is 1.88. The van der Waals surface area contributed by atoms with E-state index < -0.39 is 0 Å². The number of rotatable bonds is 5. The van der Waals surface area contributed by atoms with Crippen molar-refractivity contribution in [1.29, 1.82) is 0 Å². The molecule has 0 aliphatic rings. The summed E-state index contributed by atoms with van der Waals surface area (Å²) in [6.45, 7) is 9.44. The van der Waals surface area contributed by atoms with Crippen molar-refractivity contribution in [2.75, 3.05) is 6.61 Å². The van der Waals surface area contributed by atoms with Crippen LogP contribution in [-0.4, -0.2) is 16.4 Å². The molecular formula is C10H16N2O. The summed E-state index contributed by atoms with van der Waals surface area (Å²) in [7, 11) is 0. The maximum absolute atomic E-state index is 5.46. The fourth-order valence-corrected chi connectivity index (χ4v) is 0.880. The van der Waals surface area contributed by atoms with Crippen molar-refractivity contribution < 1.29 is 4.74 Å². The van der Waals surface area contributed by atoms with Crippen LogP contribution in [0.1, 0.15) is 20.3 Å². The Morgan fingerprint density at radius 2 is 2.38 bits per heavy atom. The molecule has 13 heavy (non-hydrogen) atoms. The standard InChI is InChI=1S/C10H16N2O/c1-4-9(3)8-13-10-6-11-12(5-2)7-10/h6-7H,3-5,8H2,1-2H3. The summed E-state index contributed by atoms with van der Waals surface area (Å²) in [5.74, 6) is 0.816. The summed E-state index contributed by atoms with van der Waals surface area (Å²) >= 11 is 0. The average Bonchev–Trinajstić information content (AvgIpc) is 2.61. The topological polar surface area (TPSA) is 27.1 Å². The van der Waals surface area contributed by atoms with Gasteiger partial charge in [-0.15, -0.1) is 0 Å². The van der Waals surface area contributed by atoms with Gasteiger partial charge in [0.25, 0.3) is 0 Å². The lowest BCUT2D eigenvalue weighted by Gasteiger charge is -2.03. The molecule has 1 rings (SSSR count). The second-order valence-corrected chi connectivity index (χ2v) is 2.92. The largest absolute Gasteiger partial charge is 0.486 e. The Morgan fingerprint density at radius 3 is 2.92 bits per heavy atom. The summed E-state index contributed by atoms with van der Waals surface area (Å²) in [5.41, 5.74) is 1.10. The molecule has 0 amide bonds. The zero-order chi connectivity index (χ0) is 9.68. The highest BCUT2D eigenvalue weighted by Gasteiger charge is 1.98. The number of hydrogen-bond donors (Lipinski definition) is 0. The van der Waals surface area contributed by atoms with E-state index >= 15 is 0 Å². The maximum atomic E-state index is 5.46. The molecule has 3 heteroatoms. The van der Waals surface area contributed by atoms with Crippen molar-refractivity contribution in [1.82, 2.24) is 9.78 Å². The van der Waals surface area contributed by atoms with Gasteiger partial charge in [-0.3, -0.25) is 4.68 Å². The molecule has 0 aliphatic carbocycles. The summed E-state index contributed by atoms with van der Waals surface area (Å²) in [6, 6.07) is 0. The van der Waals surface area contributed by atoms with E-state index in [2.05, 4.69) is 18.6 Å². The normalized spacial score (nSPS) is 10.0. The molecule has 0 atom stereocenters. The molecule has 0 spiro atoms. The van der Waals surface area contributed by atoms with Crippen LogP contribution in [0, 0.1) is 0 Å². The minimum atomic E-state index is 0.589. The predicted molar refractivity (Wildman–Crippen MR) is 52.8 cm³/mol. The molecule has 0 aromatic carbocycles. The minimum Gasteiger partial charge on any atom is -0.486 e. The van der Waals surface area contributed by atoms with E-state index in [0.29, 0.717) is 6.61 Å². The maximum Gasteiger partial charge on any atom is 0.157 e. The predicted octanol–water partition coefficient (Wildman–Crippen LogP) is 2.25. The van der Waals surface area contributed by atoms with Gasteiger partial charge in [-0.1, -0.05) is 13.5 Å². The Morgan fingerprint density at radius 1 is 1.62 bits per heavy atom. The number of aromatic nitrogens is 2. The minimum absolute atomic E-state index is 0.589. The Kier molecular flexibility index (Phi) is 3.55. The van der Waals surface area contributed by atoms with E-state index in [-0.39, 0.29) is 0 Å². The molecule has 0 N–H and O–H groups in total. The van der Waals surface area contributed by atoms with E-state index in [9.17, 15) is 0 Å². The fourth-order valence-electron chi connectivity index (χ4n) is 0.880. The first-order valence-corrected chi connectivity index (χ1v) is 4.58. The van der Waals surface area contributed by atoms with Crippen LogP contribution in [-0.2, 0) is 6.54 Å². The van der Waals surface area contributed by atoms with Gasteiger partial charge >= 0.3 is 0 Å². The van der Waals surface area contributed by atoms with Crippen LogP contribution < -0.4 is 4.74 Å². The number of hydrogen-bond acceptors (Lipinski definition) is 2. The van der Waals surface area contributed by atoms with E-state index in [4.69, 9.17) is 4.74 Å². The van der Waals surface area contributed by atoms with Crippen molar-refractivity contribution in [3.8, 4) is 5.75 Å². The summed E-state index contributed by atoms with van der Waals surface area (Å²) in [6.07, 6.45) is 4.58. The van der Waals surface area contributed by atoms with Crippen molar-refractivity contribution in [2.24, 2.45) is 0 Å². The molecule has 0 bridgehead atoms. The smallest absolute Gasteiger partial charge is 0.157 e. The third-order valence-corrected chi connectivity index (χ3v) is 1.88. The van der Waals surface area contributed by atoms with E-state index in [1.165, 1.54) is 0 Å². The van der Waals surface area contributed by atoms with Gasteiger partial charge in [0, 0.05) is 6.54 Å².